The molecule has 6 heteroatoms. The Kier molecular flexibility index (Phi) is 6.65. The van der Waals surface area contributed by atoms with Gasteiger partial charge in [-0.25, -0.2) is 8.42 Å². The van der Waals surface area contributed by atoms with E-state index >= 15 is 0 Å². The number of anilines is 1. The van der Waals surface area contributed by atoms with Crippen LogP contribution < -0.4 is 5.32 Å². The Morgan fingerprint density at radius 1 is 0.941 bits per heavy atom. The van der Waals surface area contributed by atoms with Crippen LogP contribution in [0.1, 0.15) is 45.9 Å². The smallest absolute Gasteiger partial charge is 0.244 e. The van der Waals surface area contributed by atoms with Gasteiger partial charge in [0.15, 0.2) is 0 Å². The summed E-state index contributed by atoms with van der Waals surface area (Å²) in [5.74, 6) is -0.314. The first-order valence-corrected chi connectivity index (χ1v) is 13.1. The molecule has 4 rings (SSSR count). The number of carbonyl (C=O) groups excluding carboxylic acids is 1. The maximum Gasteiger partial charge on any atom is 0.244 e. The molecule has 1 amide bonds. The number of amides is 1. The standard InChI is InChI=1S/C28H32N2O3S/c1-6-22-10-9-13-25(15-22)29-28(31)26-16-23-11-7-8-12-24(23)17-30(26)34(32,33)27-20(4)18(2)14-19(3)21(27)5/h7-15,26H,6,16-17H2,1-5H3,(H,29,31). The van der Waals surface area contributed by atoms with Gasteiger partial charge in [0.1, 0.15) is 6.04 Å². The molecule has 1 N–H and O–H groups in total. The predicted octanol–water partition coefficient (Wildman–Crippen LogP) is 5.24. The topological polar surface area (TPSA) is 66.5 Å². The zero-order valence-corrected chi connectivity index (χ0v) is 21.3. The van der Waals surface area contributed by atoms with Crippen molar-refractivity contribution in [3.05, 3.63) is 93.5 Å². The second-order valence-electron chi connectivity index (χ2n) is 9.17. The number of aryl methyl sites for hydroxylation is 3. The number of nitrogens with zero attached hydrogens (tertiary/aromatic N) is 1. The number of rotatable bonds is 5. The Labute approximate surface area is 202 Å². The molecule has 0 bridgehead atoms. The lowest BCUT2D eigenvalue weighted by atomic mass is 9.95. The molecular formula is C28H32N2O3S. The lowest BCUT2D eigenvalue weighted by molar-refractivity contribution is -0.120. The van der Waals surface area contributed by atoms with Crippen molar-refractivity contribution in [1.82, 2.24) is 4.31 Å². The molecule has 0 saturated heterocycles. The Morgan fingerprint density at radius 2 is 1.59 bits per heavy atom. The minimum atomic E-state index is -3.94. The molecule has 34 heavy (non-hydrogen) atoms. The van der Waals surface area contributed by atoms with Crippen molar-refractivity contribution in [2.45, 2.75) is 64.9 Å². The molecule has 0 saturated carbocycles. The van der Waals surface area contributed by atoms with Crippen LogP contribution >= 0.6 is 0 Å². The Balaban J connectivity index is 1.79. The van der Waals surface area contributed by atoms with Gasteiger partial charge in [-0.15, -0.1) is 0 Å². The van der Waals surface area contributed by atoms with Crippen LogP contribution in [0, 0.1) is 27.7 Å². The first-order valence-electron chi connectivity index (χ1n) is 11.7. The van der Waals surface area contributed by atoms with Crippen LogP contribution in [0.4, 0.5) is 5.69 Å². The van der Waals surface area contributed by atoms with E-state index in [1.54, 1.807) is 0 Å². The number of sulfonamides is 1. The Morgan fingerprint density at radius 3 is 2.24 bits per heavy atom. The maximum absolute atomic E-state index is 14.2. The molecule has 3 aromatic carbocycles. The molecule has 0 aromatic heterocycles. The fourth-order valence-corrected chi connectivity index (χ4v) is 6.90. The summed E-state index contributed by atoms with van der Waals surface area (Å²) in [7, 11) is -3.94. The van der Waals surface area contributed by atoms with Crippen molar-refractivity contribution in [2.24, 2.45) is 0 Å². The van der Waals surface area contributed by atoms with Crippen molar-refractivity contribution in [2.75, 3.05) is 5.32 Å². The first kappa shape index (κ1) is 24.2. The van der Waals surface area contributed by atoms with Crippen LogP contribution in [0.5, 0.6) is 0 Å². The summed E-state index contributed by atoms with van der Waals surface area (Å²) in [6, 6.07) is 16.6. The first-order chi connectivity index (χ1) is 16.1. The zero-order chi connectivity index (χ0) is 24.6. The molecule has 5 nitrogen and oxygen atoms in total. The highest BCUT2D eigenvalue weighted by Gasteiger charge is 2.41. The van der Waals surface area contributed by atoms with Crippen LogP contribution in [-0.4, -0.2) is 24.7 Å². The number of benzene rings is 3. The number of carbonyl (C=O) groups is 1. The van der Waals surface area contributed by atoms with Crippen LogP contribution in [0.25, 0.3) is 0 Å². The van der Waals surface area contributed by atoms with Gasteiger partial charge < -0.3 is 5.32 Å². The van der Waals surface area contributed by atoms with E-state index in [2.05, 4.69) is 12.2 Å². The molecule has 178 valence electrons. The molecule has 1 heterocycles. The normalized spacial score (nSPS) is 16.2. The number of nitrogens with one attached hydrogen (secondary N) is 1. The molecule has 1 atom stereocenters. The van der Waals surface area contributed by atoms with Crippen LogP contribution in [0.15, 0.2) is 59.5 Å². The molecule has 0 radical (unpaired) electrons. The minimum Gasteiger partial charge on any atom is -0.325 e. The van der Waals surface area contributed by atoms with Crippen LogP contribution in [0.2, 0.25) is 0 Å². The molecular weight excluding hydrogens is 444 g/mol. The minimum absolute atomic E-state index is 0.164. The Hall–Kier alpha value is -2.96. The van der Waals surface area contributed by atoms with E-state index in [0.717, 1.165) is 45.4 Å². The van der Waals surface area contributed by atoms with Gasteiger partial charge in [-0.05, 0) is 91.6 Å². The van der Waals surface area contributed by atoms with Crippen molar-refractivity contribution >= 4 is 21.6 Å². The summed E-state index contributed by atoms with van der Waals surface area (Å²) in [4.78, 5) is 13.9. The third-order valence-electron chi connectivity index (χ3n) is 6.97. The van der Waals surface area contributed by atoms with Crippen LogP contribution in [-0.2, 0) is 34.2 Å². The second kappa shape index (κ2) is 9.35. The van der Waals surface area contributed by atoms with Crippen molar-refractivity contribution in [1.29, 1.82) is 0 Å². The van der Waals surface area contributed by atoms with E-state index in [9.17, 15) is 13.2 Å². The van der Waals surface area contributed by atoms with Crippen LogP contribution in [0.3, 0.4) is 0 Å². The van der Waals surface area contributed by atoms with E-state index in [-0.39, 0.29) is 12.5 Å². The molecule has 1 aliphatic heterocycles. The summed E-state index contributed by atoms with van der Waals surface area (Å²) < 4.78 is 29.7. The van der Waals surface area contributed by atoms with E-state index in [1.807, 2.05) is 82.3 Å². The van der Waals surface area contributed by atoms with Gasteiger partial charge in [0.25, 0.3) is 0 Å². The molecule has 0 spiro atoms. The van der Waals surface area contributed by atoms with Gasteiger partial charge in [-0.3, -0.25) is 4.79 Å². The predicted molar refractivity (Wildman–Crippen MR) is 137 cm³/mol. The van der Waals surface area contributed by atoms with Crippen molar-refractivity contribution in [3.8, 4) is 0 Å². The number of fused-ring (bicyclic) bond motifs is 1. The highest BCUT2D eigenvalue weighted by atomic mass is 32.2. The molecule has 0 fully saturated rings. The fraction of sp³-hybridized carbons (Fsp3) is 0.321. The number of hydrogen-bond acceptors (Lipinski definition) is 3. The van der Waals surface area contributed by atoms with Gasteiger partial charge in [0.2, 0.25) is 15.9 Å². The lowest BCUT2D eigenvalue weighted by Gasteiger charge is -2.36. The van der Waals surface area contributed by atoms with Crippen molar-refractivity contribution in [3.63, 3.8) is 0 Å². The van der Waals surface area contributed by atoms with E-state index in [1.165, 1.54) is 4.31 Å². The SMILES string of the molecule is CCc1cccc(NC(=O)C2Cc3ccccc3CN2S(=O)(=O)c2c(C)c(C)cc(C)c2C)c1. The van der Waals surface area contributed by atoms with E-state index < -0.39 is 16.1 Å². The summed E-state index contributed by atoms with van der Waals surface area (Å²) in [5, 5.41) is 2.98. The summed E-state index contributed by atoms with van der Waals surface area (Å²) in [5.41, 5.74) is 7.05. The molecule has 1 aliphatic rings. The quantitative estimate of drug-likeness (QED) is 0.548. The maximum atomic E-state index is 14.2. The summed E-state index contributed by atoms with van der Waals surface area (Å²) in [6.45, 7) is 9.77. The van der Waals surface area contributed by atoms with Gasteiger partial charge in [-0.2, -0.15) is 4.31 Å². The van der Waals surface area contributed by atoms with Gasteiger partial charge >= 0.3 is 0 Å². The lowest BCUT2D eigenvalue weighted by Crippen LogP contribution is -2.50. The second-order valence-corrected chi connectivity index (χ2v) is 11.0. The summed E-state index contributed by atoms with van der Waals surface area (Å²) in [6.07, 6.45) is 1.18. The van der Waals surface area contributed by atoms with Crippen molar-refractivity contribution < 1.29 is 13.2 Å². The van der Waals surface area contributed by atoms with E-state index in [0.29, 0.717) is 17.0 Å². The highest BCUT2D eigenvalue weighted by molar-refractivity contribution is 7.89. The largest absolute Gasteiger partial charge is 0.325 e. The molecule has 1 unspecified atom stereocenters. The molecule has 3 aromatic rings. The third kappa shape index (κ3) is 4.40. The zero-order valence-electron chi connectivity index (χ0n) is 20.5. The Bertz CT molecular complexity index is 1340. The highest BCUT2D eigenvalue weighted by Crippen LogP contribution is 2.34. The van der Waals surface area contributed by atoms with E-state index in [4.69, 9.17) is 0 Å². The average molecular weight is 477 g/mol. The van der Waals surface area contributed by atoms with Gasteiger partial charge in [0, 0.05) is 12.2 Å². The van der Waals surface area contributed by atoms with Gasteiger partial charge in [0.05, 0.1) is 4.90 Å². The molecule has 0 aliphatic carbocycles. The number of hydrogen-bond donors (Lipinski definition) is 1. The monoisotopic (exact) mass is 476 g/mol. The van der Waals surface area contributed by atoms with Gasteiger partial charge in [-0.1, -0.05) is 49.4 Å². The average Bonchev–Trinajstić information content (AvgIpc) is 2.82. The summed E-state index contributed by atoms with van der Waals surface area (Å²) >= 11 is 0. The fourth-order valence-electron chi connectivity index (χ4n) is 4.75. The third-order valence-corrected chi connectivity index (χ3v) is 9.10.